The van der Waals surface area contributed by atoms with E-state index >= 15 is 4.39 Å². The van der Waals surface area contributed by atoms with Crippen LogP contribution in [0.4, 0.5) is 29.2 Å². The first kappa shape index (κ1) is 28.6. The molecular formula is C27H26F4N6O3. The summed E-state index contributed by atoms with van der Waals surface area (Å²) in [6, 6.07) is 8.35. The number of methoxy groups -OCH3 is 1. The zero-order chi connectivity index (χ0) is 29.0. The average molecular weight is 559 g/mol. The number of hydrogen-bond acceptors (Lipinski definition) is 8. The van der Waals surface area contributed by atoms with Crippen LogP contribution in [0.5, 0.6) is 17.4 Å². The first-order valence-electron chi connectivity index (χ1n) is 12.2. The summed E-state index contributed by atoms with van der Waals surface area (Å²) in [5, 5.41) is 14.8. The number of nitrogens with one attached hydrogen (secondary N) is 2. The summed E-state index contributed by atoms with van der Waals surface area (Å²) >= 11 is 0. The van der Waals surface area contributed by atoms with Gasteiger partial charge in [0.15, 0.2) is 0 Å². The van der Waals surface area contributed by atoms with Crippen molar-refractivity contribution in [1.82, 2.24) is 20.2 Å². The van der Waals surface area contributed by atoms with Gasteiger partial charge < -0.3 is 25.0 Å². The predicted molar refractivity (Wildman–Crippen MR) is 137 cm³/mol. The molecule has 9 nitrogen and oxygen atoms in total. The Morgan fingerprint density at radius 3 is 2.55 bits per heavy atom. The average Bonchev–Trinajstić information content (AvgIpc) is 2.90. The molecule has 1 aromatic heterocycles. The van der Waals surface area contributed by atoms with Gasteiger partial charge in [0.2, 0.25) is 11.8 Å². The minimum absolute atomic E-state index is 0.00435. The molecule has 4 rings (SSSR count). The van der Waals surface area contributed by atoms with Crippen LogP contribution in [-0.2, 0) is 6.18 Å². The number of carbonyl (C=O) groups is 1. The minimum atomic E-state index is -4.86. The molecule has 1 saturated heterocycles. The molecule has 13 heteroatoms. The Bertz CT molecular complexity index is 1450. The van der Waals surface area contributed by atoms with E-state index in [4.69, 9.17) is 9.47 Å². The lowest BCUT2D eigenvalue weighted by Gasteiger charge is -2.29. The van der Waals surface area contributed by atoms with Crippen LogP contribution in [0.3, 0.4) is 0 Å². The largest absolute Gasteiger partial charge is 0.495 e. The highest BCUT2D eigenvalue weighted by Gasteiger charge is 2.37. The van der Waals surface area contributed by atoms with Crippen molar-refractivity contribution in [2.45, 2.75) is 32.0 Å². The van der Waals surface area contributed by atoms with Gasteiger partial charge in [0, 0.05) is 18.3 Å². The van der Waals surface area contributed by atoms with Crippen LogP contribution in [0.1, 0.15) is 39.9 Å². The molecule has 2 N–H and O–H groups in total. The van der Waals surface area contributed by atoms with E-state index in [2.05, 4.69) is 25.5 Å². The molecule has 0 bridgehead atoms. The van der Waals surface area contributed by atoms with Crippen molar-refractivity contribution in [3.63, 3.8) is 0 Å². The number of halogens is 4. The maximum Gasteiger partial charge on any atom is 0.423 e. The van der Waals surface area contributed by atoms with Gasteiger partial charge in [-0.1, -0.05) is 6.07 Å². The summed E-state index contributed by atoms with van der Waals surface area (Å²) in [7, 11) is 3.27. The van der Waals surface area contributed by atoms with Gasteiger partial charge in [-0.2, -0.15) is 23.4 Å². The summed E-state index contributed by atoms with van der Waals surface area (Å²) in [5.41, 5.74) is -0.903. The first-order valence-corrected chi connectivity index (χ1v) is 12.2. The van der Waals surface area contributed by atoms with Crippen LogP contribution in [0.25, 0.3) is 0 Å². The van der Waals surface area contributed by atoms with Gasteiger partial charge in [0.05, 0.1) is 23.9 Å². The monoisotopic (exact) mass is 558 g/mol. The fourth-order valence-electron chi connectivity index (χ4n) is 4.14. The van der Waals surface area contributed by atoms with Crippen LogP contribution in [0, 0.1) is 24.1 Å². The van der Waals surface area contributed by atoms with Crippen LogP contribution < -0.4 is 20.1 Å². The van der Waals surface area contributed by atoms with Crippen LogP contribution in [0.2, 0.25) is 0 Å². The number of alkyl halides is 3. The topological polar surface area (TPSA) is 112 Å². The number of hydrogen-bond donors (Lipinski definition) is 2. The third-order valence-corrected chi connectivity index (χ3v) is 6.36. The molecule has 2 aromatic carbocycles. The van der Waals surface area contributed by atoms with Crippen molar-refractivity contribution >= 4 is 17.5 Å². The van der Waals surface area contributed by atoms with Gasteiger partial charge in [-0.15, -0.1) is 0 Å². The molecule has 0 saturated carbocycles. The lowest BCUT2D eigenvalue weighted by atomic mass is 10.0. The van der Waals surface area contributed by atoms with Crippen molar-refractivity contribution in [1.29, 1.82) is 5.26 Å². The van der Waals surface area contributed by atoms with Crippen LogP contribution in [0.15, 0.2) is 36.5 Å². The zero-order valence-corrected chi connectivity index (χ0v) is 21.9. The van der Waals surface area contributed by atoms with Gasteiger partial charge in [-0.3, -0.25) is 4.79 Å². The summed E-state index contributed by atoms with van der Waals surface area (Å²) in [4.78, 5) is 22.4. The molecule has 0 radical (unpaired) electrons. The molecule has 40 heavy (non-hydrogen) atoms. The van der Waals surface area contributed by atoms with E-state index in [1.165, 1.54) is 25.3 Å². The molecule has 2 heterocycles. The van der Waals surface area contributed by atoms with Crippen molar-refractivity contribution in [3.05, 3.63) is 64.6 Å². The Morgan fingerprint density at radius 1 is 1.18 bits per heavy atom. The number of anilines is 2. The molecule has 0 spiro atoms. The van der Waals surface area contributed by atoms with E-state index in [1.807, 2.05) is 13.1 Å². The number of benzene rings is 2. The van der Waals surface area contributed by atoms with Gasteiger partial charge >= 0.3 is 6.18 Å². The number of ether oxygens (including phenoxy) is 2. The number of rotatable bonds is 7. The van der Waals surface area contributed by atoms with E-state index in [0.717, 1.165) is 32.0 Å². The zero-order valence-electron chi connectivity index (χ0n) is 21.9. The Morgan fingerprint density at radius 2 is 1.90 bits per heavy atom. The van der Waals surface area contributed by atoms with Crippen molar-refractivity contribution < 1.29 is 31.8 Å². The van der Waals surface area contributed by atoms with E-state index in [9.17, 15) is 23.2 Å². The maximum atomic E-state index is 15.0. The van der Waals surface area contributed by atoms with Gasteiger partial charge in [0.25, 0.3) is 5.91 Å². The summed E-state index contributed by atoms with van der Waals surface area (Å²) in [5.74, 6) is -2.80. The van der Waals surface area contributed by atoms with E-state index in [0.29, 0.717) is 11.8 Å². The Kier molecular flexibility index (Phi) is 8.39. The van der Waals surface area contributed by atoms with Crippen molar-refractivity contribution in [2.24, 2.45) is 0 Å². The fraction of sp³-hybridized carbons (Fsp3) is 0.333. The minimum Gasteiger partial charge on any atom is -0.495 e. The Balaban J connectivity index is 1.62. The molecule has 0 unspecified atom stereocenters. The molecule has 210 valence electrons. The highest BCUT2D eigenvalue weighted by molar-refractivity contribution is 5.96. The first-order chi connectivity index (χ1) is 19.0. The molecule has 1 amide bonds. The number of piperidine rings is 1. The van der Waals surface area contributed by atoms with Gasteiger partial charge in [-0.25, -0.2) is 9.37 Å². The van der Waals surface area contributed by atoms with Gasteiger partial charge in [0.1, 0.15) is 28.9 Å². The molecule has 3 aromatic rings. The normalized spacial score (nSPS) is 14.3. The molecular weight excluding hydrogens is 532 g/mol. The lowest BCUT2D eigenvalue weighted by Crippen LogP contribution is -2.43. The summed E-state index contributed by atoms with van der Waals surface area (Å²) in [6.45, 7) is 3.30. The number of amides is 1. The van der Waals surface area contributed by atoms with E-state index < -0.39 is 29.3 Å². The number of nitrogens with zero attached hydrogens (tertiary/aromatic N) is 4. The number of nitriles is 1. The van der Waals surface area contributed by atoms with Crippen molar-refractivity contribution in [2.75, 3.05) is 32.6 Å². The number of aromatic nitrogens is 2. The quantitative estimate of drug-likeness (QED) is 0.382. The standard InChI is InChI=1S/C27H26F4N6O3/c1-15-4-5-16(13-32)22(10-15)40-25-19(27(29,30)31)14-33-26(36-25)35-21-12-20(28)18(11-23(21)39-3)24(38)34-17-6-8-37(2)9-7-17/h4-5,10-12,14,17H,6-9H2,1-3H3,(H,34,38)(H,33,35,36). The SMILES string of the molecule is COc1cc(C(=O)NC2CCN(C)CC2)c(F)cc1Nc1ncc(C(F)(F)F)c(Oc2cc(C)ccc2C#N)n1. The lowest BCUT2D eigenvalue weighted by molar-refractivity contribution is -0.139. The highest BCUT2D eigenvalue weighted by atomic mass is 19.4. The summed E-state index contributed by atoms with van der Waals surface area (Å²) < 4.78 is 66.8. The number of carbonyl (C=O) groups excluding carboxylic acids is 1. The van der Waals surface area contributed by atoms with E-state index in [1.54, 1.807) is 13.0 Å². The smallest absolute Gasteiger partial charge is 0.423 e. The number of likely N-dealkylation sites (tertiary alicyclic amines) is 1. The second kappa shape index (κ2) is 11.7. The molecule has 0 aliphatic carbocycles. The van der Waals surface area contributed by atoms with Gasteiger partial charge in [-0.05, 0) is 63.7 Å². The van der Waals surface area contributed by atoms with Crippen molar-refractivity contribution in [3.8, 4) is 23.4 Å². The Hall–Kier alpha value is -4.44. The van der Waals surface area contributed by atoms with Crippen LogP contribution in [-0.4, -0.2) is 54.1 Å². The highest BCUT2D eigenvalue weighted by Crippen LogP contribution is 2.39. The molecule has 1 aliphatic rings. The second-order valence-corrected chi connectivity index (χ2v) is 9.33. The Labute approximate surface area is 227 Å². The summed E-state index contributed by atoms with van der Waals surface area (Å²) in [6.07, 6.45) is -2.89. The molecule has 1 fully saturated rings. The maximum absolute atomic E-state index is 15.0. The number of aryl methyl sites for hydroxylation is 1. The fourth-order valence-corrected chi connectivity index (χ4v) is 4.14. The second-order valence-electron chi connectivity index (χ2n) is 9.33. The van der Waals surface area contributed by atoms with Crippen LogP contribution >= 0.6 is 0 Å². The molecule has 1 aliphatic heterocycles. The molecule has 0 atom stereocenters. The third kappa shape index (κ3) is 6.58. The third-order valence-electron chi connectivity index (χ3n) is 6.36. The predicted octanol–water partition coefficient (Wildman–Crippen LogP) is 5.18. The van der Waals surface area contributed by atoms with E-state index in [-0.39, 0.29) is 40.3 Å².